The molecule has 1 aromatic rings. The van der Waals surface area contributed by atoms with Gasteiger partial charge in [0.05, 0.1) is 16.2 Å². The number of aromatic nitrogens is 2. The van der Waals surface area contributed by atoms with E-state index in [1.54, 1.807) is 7.05 Å². The largest absolute Gasteiger partial charge is 0.352 e. The van der Waals surface area contributed by atoms with Crippen LogP contribution in [-0.4, -0.2) is 59.7 Å². The summed E-state index contributed by atoms with van der Waals surface area (Å²) in [6.07, 6.45) is 4.72. The first-order valence-corrected chi connectivity index (χ1v) is 11.1. The molecule has 7 nitrogen and oxygen atoms in total. The molecule has 1 spiro atoms. The maximum absolute atomic E-state index is 12.8. The Morgan fingerprint density at radius 2 is 1.93 bits per heavy atom. The number of hydrogen-bond donors (Lipinski definition) is 1. The van der Waals surface area contributed by atoms with Crippen LogP contribution < -0.4 is 5.32 Å². The van der Waals surface area contributed by atoms with Crippen molar-refractivity contribution in [1.29, 1.82) is 0 Å². The maximum atomic E-state index is 12.8. The molecular weight excluding hydrogens is 477 g/mol. The van der Waals surface area contributed by atoms with E-state index in [1.807, 2.05) is 18.7 Å². The van der Waals surface area contributed by atoms with Gasteiger partial charge in [0, 0.05) is 45.0 Å². The molecule has 1 aromatic heterocycles. The van der Waals surface area contributed by atoms with Crippen molar-refractivity contribution in [3.63, 3.8) is 0 Å². The molecule has 1 aliphatic carbocycles. The van der Waals surface area contributed by atoms with Gasteiger partial charge in [-0.05, 0) is 26.7 Å². The van der Waals surface area contributed by atoms with Crippen LogP contribution in [0.3, 0.4) is 0 Å². The van der Waals surface area contributed by atoms with E-state index in [4.69, 9.17) is 0 Å². The van der Waals surface area contributed by atoms with Gasteiger partial charge in [0.1, 0.15) is 0 Å². The standard InChI is InChI=1S/C18H31N5O2S.HI/c1-14-16(15(2)22(4)21-14)12-20-17(19-3)23-10-11-26(24,25)18(13-23)8-6-5-7-9-18;/h5-13H2,1-4H3,(H,19,20);1H. The van der Waals surface area contributed by atoms with Crippen LogP contribution >= 0.6 is 24.0 Å². The maximum Gasteiger partial charge on any atom is 0.193 e. The fraction of sp³-hybridized carbons (Fsp3) is 0.778. The highest BCUT2D eigenvalue weighted by atomic mass is 127. The molecule has 154 valence electrons. The monoisotopic (exact) mass is 509 g/mol. The van der Waals surface area contributed by atoms with Crippen molar-refractivity contribution >= 4 is 39.8 Å². The zero-order chi connectivity index (χ0) is 18.9. The highest BCUT2D eigenvalue weighted by Gasteiger charge is 2.48. The lowest BCUT2D eigenvalue weighted by Crippen LogP contribution is -2.60. The Balaban J connectivity index is 0.00000261. The van der Waals surface area contributed by atoms with Gasteiger partial charge >= 0.3 is 0 Å². The number of aliphatic imine (C=N–C) groups is 1. The van der Waals surface area contributed by atoms with Crippen LogP contribution in [0.15, 0.2) is 4.99 Å². The molecule has 1 aliphatic heterocycles. The number of aryl methyl sites for hydroxylation is 2. The predicted molar refractivity (Wildman–Crippen MR) is 119 cm³/mol. The summed E-state index contributed by atoms with van der Waals surface area (Å²) < 4.78 is 26.9. The molecule has 1 N–H and O–H groups in total. The van der Waals surface area contributed by atoms with Crippen molar-refractivity contribution in [2.75, 3.05) is 25.9 Å². The van der Waals surface area contributed by atoms with Crippen LogP contribution in [0.2, 0.25) is 0 Å². The van der Waals surface area contributed by atoms with Crippen molar-refractivity contribution in [2.24, 2.45) is 12.0 Å². The van der Waals surface area contributed by atoms with Crippen LogP contribution in [0, 0.1) is 13.8 Å². The summed E-state index contributed by atoms with van der Waals surface area (Å²) >= 11 is 0. The van der Waals surface area contributed by atoms with E-state index in [-0.39, 0.29) is 29.7 Å². The van der Waals surface area contributed by atoms with Crippen LogP contribution in [0.25, 0.3) is 0 Å². The van der Waals surface area contributed by atoms with Gasteiger partial charge in [0.15, 0.2) is 15.8 Å². The molecule has 0 amide bonds. The quantitative estimate of drug-likeness (QED) is 0.376. The lowest BCUT2D eigenvalue weighted by Gasteiger charge is -2.45. The normalized spacial score (nSPS) is 21.8. The molecule has 9 heteroatoms. The van der Waals surface area contributed by atoms with Gasteiger partial charge in [0.25, 0.3) is 0 Å². The van der Waals surface area contributed by atoms with E-state index < -0.39 is 14.6 Å². The smallest absolute Gasteiger partial charge is 0.193 e. The average molecular weight is 509 g/mol. The van der Waals surface area contributed by atoms with Gasteiger partial charge in [-0.15, -0.1) is 24.0 Å². The number of halogens is 1. The number of nitrogens with one attached hydrogen (secondary N) is 1. The second kappa shape index (κ2) is 8.67. The van der Waals surface area contributed by atoms with Crippen molar-refractivity contribution in [1.82, 2.24) is 20.0 Å². The van der Waals surface area contributed by atoms with Gasteiger partial charge in [-0.25, -0.2) is 8.42 Å². The Hall–Kier alpha value is -0.840. The summed E-state index contributed by atoms with van der Waals surface area (Å²) in [5.41, 5.74) is 3.32. The molecule has 0 radical (unpaired) electrons. The van der Waals surface area contributed by atoms with Crippen molar-refractivity contribution in [3.8, 4) is 0 Å². The second-order valence-corrected chi connectivity index (χ2v) is 10.2. The van der Waals surface area contributed by atoms with Crippen LogP contribution in [0.4, 0.5) is 0 Å². The van der Waals surface area contributed by atoms with Gasteiger partial charge in [-0.3, -0.25) is 9.67 Å². The van der Waals surface area contributed by atoms with E-state index in [2.05, 4.69) is 27.2 Å². The molecule has 1 saturated heterocycles. The molecule has 0 unspecified atom stereocenters. The summed E-state index contributed by atoms with van der Waals surface area (Å²) in [6.45, 7) is 5.78. The van der Waals surface area contributed by atoms with Crippen molar-refractivity contribution in [3.05, 3.63) is 17.0 Å². The molecular formula is C18H32IN5O2S. The summed E-state index contributed by atoms with van der Waals surface area (Å²) in [4.78, 5) is 6.56. The number of guanidine groups is 1. The molecule has 27 heavy (non-hydrogen) atoms. The summed E-state index contributed by atoms with van der Waals surface area (Å²) in [5, 5.41) is 7.89. The number of hydrogen-bond acceptors (Lipinski definition) is 4. The van der Waals surface area contributed by atoms with E-state index >= 15 is 0 Å². The van der Waals surface area contributed by atoms with E-state index in [0.29, 0.717) is 19.6 Å². The van der Waals surface area contributed by atoms with Crippen LogP contribution in [0.5, 0.6) is 0 Å². The minimum absolute atomic E-state index is 0. The van der Waals surface area contributed by atoms with Gasteiger partial charge in [-0.1, -0.05) is 19.3 Å². The van der Waals surface area contributed by atoms with Gasteiger partial charge in [-0.2, -0.15) is 5.10 Å². The third-order valence-electron chi connectivity index (χ3n) is 6.13. The van der Waals surface area contributed by atoms with Crippen molar-refractivity contribution in [2.45, 2.75) is 57.2 Å². The fourth-order valence-corrected chi connectivity index (χ4v) is 6.55. The molecule has 1 saturated carbocycles. The van der Waals surface area contributed by atoms with Crippen LogP contribution in [0.1, 0.15) is 49.1 Å². The molecule has 3 rings (SSSR count). The molecule has 0 bridgehead atoms. The minimum atomic E-state index is -3.04. The molecule has 0 aromatic carbocycles. The minimum Gasteiger partial charge on any atom is -0.352 e. The highest BCUT2D eigenvalue weighted by Crippen LogP contribution is 2.38. The van der Waals surface area contributed by atoms with Crippen LogP contribution in [-0.2, 0) is 23.4 Å². The Bertz CT molecular complexity index is 797. The number of nitrogens with zero attached hydrogens (tertiary/aromatic N) is 4. The zero-order valence-corrected chi connectivity index (χ0v) is 19.9. The van der Waals surface area contributed by atoms with E-state index in [0.717, 1.165) is 49.5 Å². The first-order valence-electron chi connectivity index (χ1n) is 9.47. The summed E-state index contributed by atoms with van der Waals surface area (Å²) in [7, 11) is 0.677. The Morgan fingerprint density at radius 1 is 1.26 bits per heavy atom. The number of sulfone groups is 1. The lowest BCUT2D eigenvalue weighted by molar-refractivity contribution is 0.274. The van der Waals surface area contributed by atoms with Gasteiger partial charge in [0.2, 0.25) is 0 Å². The highest BCUT2D eigenvalue weighted by molar-refractivity contribution is 14.0. The Labute approximate surface area is 179 Å². The first kappa shape index (κ1) is 22.4. The zero-order valence-electron chi connectivity index (χ0n) is 16.8. The second-order valence-electron chi connectivity index (χ2n) is 7.66. The molecule has 0 atom stereocenters. The fourth-order valence-electron chi connectivity index (χ4n) is 4.39. The average Bonchev–Trinajstić information content (AvgIpc) is 2.85. The lowest BCUT2D eigenvalue weighted by atomic mass is 9.87. The Morgan fingerprint density at radius 3 is 2.48 bits per heavy atom. The first-order chi connectivity index (χ1) is 12.3. The summed E-state index contributed by atoms with van der Waals surface area (Å²) in [5.74, 6) is 1.01. The molecule has 2 fully saturated rings. The number of rotatable bonds is 2. The van der Waals surface area contributed by atoms with E-state index in [1.165, 1.54) is 5.56 Å². The molecule has 2 heterocycles. The van der Waals surface area contributed by atoms with Crippen molar-refractivity contribution < 1.29 is 8.42 Å². The topological polar surface area (TPSA) is 79.6 Å². The third-order valence-corrected chi connectivity index (χ3v) is 8.70. The van der Waals surface area contributed by atoms with E-state index in [9.17, 15) is 8.42 Å². The SMILES string of the molecule is CN=C(NCc1c(C)nn(C)c1C)N1CCS(=O)(=O)C2(CCCCC2)C1.I. The summed E-state index contributed by atoms with van der Waals surface area (Å²) in [6, 6.07) is 0. The predicted octanol–water partition coefficient (Wildman–Crippen LogP) is 2.16. The molecule has 2 aliphatic rings. The van der Waals surface area contributed by atoms with Gasteiger partial charge < -0.3 is 10.2 Å². The Kier molecular flexibility index (Phi) is 7.21. The third kappa shape index (κ3) is 4.28.